The van der Waals surface area contributed by atoms with Gasteiger partial charge < -0.3 is 4.74 Å². The molecule has 0 amide bonds. The van der Waals surface area contributed by atoms with E-state index in [0.29, 0.717) is 11.6 Å². The van der Waals surface area contributed by atoms with Crippen molar-refractivity contribution >= 4 is 47.8 Å². The lowest BCUT2D eigenvalue weighted by Gasteiger charge is -2.08. The van der Waals surface area contributed by atoms with Crippen molar-refractivity contribution in [1.29, 1.82) is 0 Å². The van der Waals surface area contributed by atoms with Gasteiger partial charge in [0, 0.05) is 10.5 Å². The van der Waals surface area contributed by atoms with Gasteiger partial charge in [-0.3, -0.25) is 0 Å². The second kappa shape index (κ2) is 5.20. The molecule has 0 aliphatic carbocycles. The number of rotatable bonds is 2. The van der Waals surface area contributed by atoms with E-state index < -0.39 is 0 Å². The van der Waals surface area contributed by atoms with E-state index in [-0.39, 0.29) is 0 Å². The van der Waals surface area contributed by atoms with Crippen molar-refractivity contribution in [2.24, 2.45) is 0 Å². The molecule has 4 nitrogen and oxygen atoms in total. The molecule has 0 radical (unpaired) electrons. The molecule has 1 aromatic heterocycles. The van der Waals surface area contributed by atoms with Crippen LogP contribution in [0.15, 0.2) is 37.8 Å². The van der Waals surface area contributed by atoms with Crippen molar-refractivity contribution in [3.63, 3.8) is 0 Å². The number of ether oxygens (including phenoxy) is 1. The van der Waals surface area contributed by atoms with Crippen molar-refractivity contribution in [1.82, 2.24) is 15.4 Å². The lowest BCUT2D eigenvalue weighted by Crippen LogP contribution is -1.93. The summed E-state index contributed by atoms with van der Waals surface area (Å²) in [4.78, 5) is 0. The molecule has 2 rings (SSSR count). The Balaban J connectivity index is 2.35. The standard InChI is InChI=1S/C9H4Br3N3O/c10-5-3-6(11)9(7(12)4-5)16-8-1-2-13-15-14-8/h1-4H. The van der Waals surface area contributed by atoms with Gasteiger partial charge in [0.25, 0.3) is 0 Å². The van der Waals surface area contributed by atoms with Gasteiger partial charge in [-0.25, -0.2) is 0 Å². The molecule has 0 bridgehead atoms. The highest BCUT2D eigenvalue weighted by molar-refractivity contribution is 9.11. The monoisotopic (exact) mass is 407 g/mol. The lowest BCUT2D eigenvalue weighted by molar-refractivity contribution is 0.445. The highest BCUT2D eigenvalue weighted by Gasteiger charge is 2.10. The Morgan fingerprint density at radius 3 is 2.31 bits per heavy atom. The zero-order chi connectivity index (χ0) is 11.5. The summed E-state index contributed by atoms with van der Waals surface area (Å²) in [5, 5.41) is 10.8. The second-order valence-corrected chi connectivity index (χ2v) is 5.38. The molecule has 0 unspecified atom stereocenters. The Bertz CT molecular complexity index is 484. The van der Waals surface area contributed by atoms with Gasteiger partial charge >= 0.3 is 0 Å². The fraction of sp³-hybridized carbons (Fsp3) is 0. The van der Waals surface area contributed by atoms with Crippen LogP contribution in [0.3, 0.4) is 0 Å². The van der Waals surface area contributed by atoms with Crippen LogP contribution in [0.25, 0.3) is 0 Å². The third-order valence-corrected chi connectivity index (χ3v) is 3.28. The highest BCUT2D eigenvalue weighted by atomic mass is 79.9. The maximum absolute atomic E-state index is 5.57. The molecule has 1 heterocycles. The maximum atomic E-state index is 5.57. The van der Waals surface area contributed by atoms with Crippen molar-refractivity contribution in [3.8, 4) is 11.6 Å². The van der Waals surface area contributed by atoms with Gasteiger partial charge in [0.15, 0.2) is 5.75 Å². The van der Waals surface area contributed by atoms with Gasteiger partial charge in [-0.05, 0) is 49.2 Å². The molecule has 0 spiro atoms. The van der Waals surface area contributed by atoms with E-state index in [9.17, 15) is 0 Å². The first kappa shape index (κ1) is 11.9. The van der Waals surface area contributed by atoms with E-state index in [2.05, 4.69) is 63.2 Å². The van der Waals surface area contributed by atoms with Crippen molar-refractivity contribution in [2.45, 2.75) is 0 Å². The topological polar surface area (TPSA) is 47.9 Å². The average molecular weight is 410 g/mol. The molecule has 0 saturated heterocycles. The third-order valence-electron chi connectivity index (χ3n) is 1.65. The summed E-state index contributed by atoms with van der Waals surface area (Å²) in [7, 11) is 0. The van der Waals surface area contributed by atoms with Crippen LogP contribution in [0.4, 0.5) is 0 Å². The predicted octanol–water partition coefficient (Wildman–Crippen LogP) is 3.95. The number of aromatic nitrogens is 3. The number of nitrogens with zero attached hydrogens (tertiary/aromatic N) is 3. The second-order valence-electron chi connectivity index (χ2n) is 2.76. The molecule has 0 aliphatic heterocycles. The zero-order valence-corrected chi connectivity index (χ0v) is 12.5. The lowest BCUT2D eigenvalue weighted by atomic mass is 10.3. The van der Waals surface area contributed by atoms with Gasteiger partial charge in [-0.2, -0.15) is 0 Å². The molecule has 0 atom stereocenters. The first-order valence-electron chi connectivity index (χ1n) is 4.13. The average Bonchev–Trinajstić information content (AvgIpc) is 2.25. The largest absolute Gasteiger partial charge is 0.435 e. The van der Waals surface area contributed by atoms with E-state index in [1.54, 1.807) is 6.07 Å². The summed E-state index contributed by atoms with van der Waals surface area (Å²) in [6, 6.07) is 5.40. The summed E-state index contributed by atoms with van der Waals surface area (Å²) >= 11 is 10.2. The Morgan fingerprint density at radius 1 is 1.06 bits per heavy atom. The minimum absolute atomic E-state index is 0.388. The summed E-state index contributed by atoms with van der Waals surface area (Å²) in [6.07, 6.45) is 1.52. The van der Waals surface area contributed by atoms with Crippen LogP contribution in [-0.2, 0) is 0 Å². The van der Waals surface area contributed by atoms with E-state index in [4.69, 9.17) is 4.74 Å². The van der Waals surface area contributed by atoms with Crippen molar-refractivity contribution in [2.75, 3.05) is 0 Å². The Kier molecular flexibility index (Phi) is 3.88. The minimum Gasteiger partial charge on any atom is -0.435 e. The highest BCUT2D eigenvalue weighted by Crippen LogP contribution is 2.38. The quantitative estimate of drug-likeness (QED) is 0.753. The van der Waals surface area contributed by atoms with Gasteiger partial charge in [-0.15, -0.1) is 5.10 Å². The number of hydrogen-bond acceptors (Lipinski definition) is 4. The number of halogens is 3. The molecule has 16 heavy (non-hydrogen) atoms. The van der Waals surface area contributed by atoms with E-state index in [1.807, 2.05) is 12.1 Å². The smallest absolute Gasteiger partial charge is 0.242 e. The van der Waals surface area contributed by atoms with E-state index in [0.717, 1.165) is 13.4 Å². The first-order valence-corrected chi connectivity index (χ1v) is 6.51. The van der Waals surface area contributed by atoms with Gasteiger partial charge in [0.05, 0.1) is 15.1 Å². The fourth-order valence-corrected chi connectivity index (χ4v) is 3.44. The SMILES string of the molecule is Brc1cc(Br)c(Oc2ccnnn2)c(Br)c1. The normalized spacial score (nSPS) is 10.2. The minimum atomic E-state index is 0.388. The molecule has 2 aromatic rings. The molecule has 0 N–H and O–H groups in total. The van der Waals surface area contributed by atoms with Crippen molar-refractivity contribution in [3.05, 3.63) is 37.8 Å². The first-order chi connectivity index (χ1) is 7.66. The summed E-state index contributed by atoms with van der Waals surface area (Å²) in [5.41, 5.74) is 0. The number of hydrogen-bond donors (Lipinski definition) is 0. The van der Waals surface area contributed by atoms with Crippen LogP contribution in [-0.4, -0.2) is 15.4 Å². The van der Waals surface area contributed by atoms with E-state index in [1.165, 1.54) is 6.20 Å². The summed E-state index contributed by atoms with van der Waals surface area (Å²) in [6.45, 7) is 0. The predicted molar refractivity (Wildman–Crippen MR) is 69.4 cm³/mol. The third kappa shape index (κ3) is 2.78. The van der Waals surface area contributed by atoms with Gasteiger partial charge in [0.2, 0.25) is 5.88 Å². The van der Waals surface area contributed by atoms with E-state index >= 15 is 0 Å². The zero-order valence-electron chi connectivity index (χ0n) is 7.69. The van der Waals surface area contributed by atoms with Crippen LogP contribution >= 0.6 is 47.8 Å². The Morgan fingerprint density at radius 2 is 1.75 bits per heavy atom. The molecule has 82 valence electrons. The van der Waals surface area contributed by atoms with Crippen LogP contribution in [0.2, 0.25) is 0 Å². The molecule has 0 saturated carbocycles. The molecule has 1 aromatic carbocycles. The maximum Gasteiger partial charge on any atom is 0.242 e. The Hall–Kier alpha value is -0.530. The van der Waals surface area contributed by atoms with Crippen LogP contribution in [0, 0.1) is 0 Å². The summed E-state index contributed by atoms with van der Waals surface area (Å²) in [5.74, 6) is 1.03. The van der Waals surface area contributed by atoms with Gasteiger partial charge in [0.1, 0.15) is 0 Å². The van der Waals surface area contributed by atoms with Gasteiger partial charge in [-0.1, -0.05) is 21.0 Å². The Labute approximate surface area is 117 Å². The summed E-state index contributed by atoms with van der Waals surface area (Å²) < 4.78 is 8.14. The molecule has 0 fully saturated rings. The van der Waals surface area contributed by atoms with Crippen LogP contribution < -0.4 is 4.74 Å². The molecular formula is C9H4Br3N3O. The van der Waals surface area contributed by atoms with Crippen molar-refractivity contribution < 1.29 is 4.74 Å². The fourth-order valence-electron chi connectivity index (χ4n) is 1.02. The molecular weight excluding hydrogens is 406 g/mol. The molecule has 0 aliphatic rings. The molecule has 7 heteroatoms. The van der Waals surface area contributed by atoms with Crippen LogP contribution in [0.1, 0.15) is 0 Å². The van der Waals surface area contributed by atoms with Crippen LogP contribution in [0.5, 0.6) is 11.6 Å². The number of benzene rings is 1.